The van der Waals surface area contributed by atoms with Crippen molar-refractivity contribution in [1.29, 1.82) is 0 Å². The summed E-state index contributed by atoms with van der Waals surface area (Å²) >= 11 is 0.818. The van der Waals surface area contributed by atoms with Crippen LogP contribution in [0.2, 0.25) is 0 Å². The van der Waals surface area contributed by atoms with E-state index in [2.05, 4.69) is 9.72 Å². The number of aryl methyl sites for hydroxylation is 1. The van der Waals surface area contributed by atoms with Crippen molar-refractivity contribution in [2.24, 2.45) is 0 Å². The van der Waals surface area contributed by atoms with Crippen LogP contribution in [0.3, 0.4) is 0 Å². The summed E-state index contributed by atoms with van der Waals surface area (Å²) in [6.45, 7) is 2.50. The number of carbonyl (C=O) groups is 1. The number of esters is 1. The minimum atomic E-state index is -4.63. The fourth-order valence-electron chi connectivity index (χ4n) is 0.916. The van der Waals surface area contributed by atoms with Crippen LogP contribution in [-0.2, 0) is 9.53 Å². The van der Waals surface area contributed by atoms with Crippen LogP contribution in [0.25, 0.3) is 0 Å². The lowest BCUT2D eigenvalue weighted by molar-refractivity contribution is -0.222. The van der Waals surface area contributed by atoms with E-state index >= 15 is 0 Å². The smallest absolute Gasteiger partial charge is 0.432 e. The molecule has 15 heavy (non-hydrogen) atoms. The van der Waals surface area contributed by atoms with Crippen molar-refractivity contribution in [3.63, 3.8) is 0 Å². The molecule has 0 saturated heterocycles. The molecular weight excluding hydrogens is 231 g/mol. The number of thiazole rings is 1. The van der Waals surface area contributed by atoms with E-state index in [0.29, 0.717) is 5.69 Å². The van der Waals surface area contributed by atoms with Gasteiger partial charge in [-0.3, -0.25) is 4.79 Å². The van der Waals surface area contributed by atoms with Gasteiger partial charge in [-0.15, -0.1) is 11.3 Å². The van der Waals surface area contributed by atoms with Crippen LogP contribution in [0.1, 0.15) is 23.7 Å². The van der Waals surface area contributed by atoms with Crippen molar-refractivity contribution in [2.75, 3.05) is 0 Å². The second-order valence-corrected chi connectivity index (χ2v) is 3.75. The first kappa shape index (κ1) is 12.0. The van der Waals surface area contributed by atoms with E-state index in [0.717, 1.165) is 18.3 Å². The number of ether oxygens (including phenoxy) is 1. The van der Waals surface area contributed by atoms with E-state index in [4.69, 9.17) is 0 Å². The maximum Gasteiger partial charge on any atom is 0.432 e. The van der Waals surface area contributed by atoms with Gasteiger partial charge in [0.05, 0.1) is 0 Å². The van der Waals surface area contributed by atoms with Crippen LogP contribution in [0, 0.1) is 6.92 Å². The third kappa shape index (κ3) is 3.19. The number of hydrogen-bond acceptors (Lipinski definition) is 4. The van der Waals surface area contributed by atoms with E-state index in [9.17, 15) is 18.0 Å². The van der Waals surface area contributed by atoms with Crippen LogP contribution in [-0.4, -0.2) is 17.1 Å². The molecule has 0 aliphatic rings. The monoisotopic (exact) mass is 239 g/mol. The van der Waals surface area contributed by atoms with Crippen molar-refractivity contribution in [2.45, 2.75) is 26.1 Å². The molecule has 1 aromatic heterocycles. The molecule has 0 N–H and O–H groups in total. The quantitative estimate of drug-likeness (QED) is 0.745. The fraction of sp³-hybridized carbons (Fsp3) is 0.500. The van der Waals surface area contributed by atoms with Gasteiger partial charge in [-0.25, -0.2) is 4.98 Å². The van der Waals surface area contributed by atoms with Crippen molar-refractivity contribution >= 4 is 17.3 Å². The molecule has 3 nitrogen and oxygen atoms in total. The van der Waals surface area contributed by atoms with Gasteiger partial charge in [-0.2, -0.15) is 13.2 Å². The van der Waals surface area contributed by atoms with Crippen molar-refractivity contribution < 1.29 is 22.7 Å². The molecule has 0 fully saturated rings. The first-order chi connectivity index (χ1) is 6.80. The van der Waals surface area contributed by atoms with Crippen LogP contribution >= 0.6 is 11.3 Å². The molecule has 1 aromatic rings. The second kappa shape index (κ2) is 4.18. The zero-order valence-corrected chi connectivity index (χ0v) is 8.78. The third-order valence-electron chi connectivity index (χ3n) is 1.44. The molecule has 1 atom stereocenters. The number of aromatic nitrogens is 1. The summed E-state index contributed by atoms with van der Waals surface area (Å²) in [6, 6.07) is 0. The number of carbonyl (C=O) groups excluding carboxylic acids is 1. The normalized spacial score (nSPS) is 13.7. The van der Waals surface area contributed by atoms with Crippen molar-refractivity contribution in [3.05, 3.63) is 16.1 Å². The molecule has 0 spiro atoms. The average Bonchev–Trinajstić information content (AvgIpc) is 2.45. The lowest BCUT2D eigenvalue weighted by Crippen LogP contribution is -2.25. The first-order valence-corrected chi connectivity index (χ1v) is 4.84. The van der Waals surface area contributed by atoms with Gasteiger partial charge in [0.25, 0.3) is 0 Å². The molecule has 1 heterocycles. The SMILES string of the molecule is CC(=O)O[C@@H](c1nc(C)cs1)C(F)(F)F. The highest BCUT2D eigenvalue weighted by Gasteiger charge is 2.45. The minimum Gasteiger partial charge on any atom is -0.445 e. The van der Waals surface area contributed by atoms with Crippen LogP contribution in [0.4, 0.5) is 13.2 Å². The summed E-state index contributed by atoms with van der Waals surface area (Å²) in [7, 11) is 0. The molecule has 0 aliphatic carbocycles. The summed E-state index contributed by atoms with van der Waals surface area (Å²) < 4.78 is 41.6. The van der Waals surface area contributed by atoms with Gasteiger partial charge >= 0.3 is 12.1 Å². The molecule has 84 valence electrons. The van der Waals surface area contributed by atoms with Gasteiger partial charge < -0.3 is 4.74 Å². The Labute approximate surface area is 87.9 Å². The van der Waals surface area contributed by atoms with Gasteiger partial charge in [0.1, 0.15) is 5.01 Å². The zero-order valence-electron chi connectivity index (χ0n) is 7.96. The van der Waals surface area contributed by atoms with Crippen molar-refractivity contribution in [1.82, 2.24) is 4.98 Å². The first-order valence-electron chi connectivity index (χ1n) is 3.96. The third-order valence-corrected chi connectivity index (χ3v) is 2.45. The van der Waals surface area contributed by atoms with Crippen LogP contribution < -0.4 is 0 Å². The van der Waals surface area contributed by atoms with Gasteiger partial charge in [-0.1, -0.05) is 0 Å². The maximum atomic E-state index is 12.5. The van der Waals surface area contributed by atoms with Crippen LogP contribution in [0.5, 0.6) is 0 Å². The molecule has 1 rings (SSSR count). The Kier molecular flexibility index (Phi) is 3.33. The predicted octanol–water partition coefficient (Wildman–Crippen LogP) is 2.62. The molecule has 7 heteroatoms. The van der Waals surface area contributed by atoms with Gasteiger partial charge in [-0.05, 0) is 6.92 Å². The molecule has 0 aromatic carbocycles. The van der Waals surface area contributed by atoms with Crippen molar-refractivity contribution in [3.8, 4) is 0 Å². The van der Waals surface area contributed by atoms with E-state index < -0.39 is 18.2 Å². The fourth-order valence-corrected chi connectivity index (χ4v) is 1.76. The highest BCUT2D eigenvalue weighted by molar-refractivity contribution is 7.09. The van der Waals surface area contributed by atoms with E-state index in [1.54, 1.807) is 6.92 Å². The number of halogens is 3. The molecule has 0 saturated carbocycles. The minimum absolute atomic E-state index is 0.254. The lowest BCUT2D eigenvalue weighted by Gasteiger charge is -2.17. The number of rotatable bonds is 2. The molecule has 0 aliphatic heterocycles. The molecular formula is C8H8F3NO2S. The lowest BCUT2D eigenvalue weighted by atomic mass is 10.3. The summed E-state index contributed by atoms with van der Waals surface area (Å²) in [5, 5.41) is 1.22. The maximum absolute atomic E-state index is 12.5. The Morgan fingerprint density at radius 2 is 2.20 bits per heavy atom. The Balaban J connectivity index is 2.96. The number of nitrogens with zero attached hydrogens (tertiary/aromatic N) is 1. The summed E-state index contributed by atoms with van der Waals surface area (Å²) in [5.41, 5.74) is 0.469. The Morgan fingerprint density at radius 3 is 2.53 bits per heavy atom. The largest absolute Gasteiger partial charge is 0.445 e. The van der Waals surface area contributed by atoms with E-state index in [1.807, 2.05) is 0 Å². The Bertz CT molecular complexity index is 361. The average molecular weight is 239 g/mol. The molecule has 0 bridgehead atoms. The highest BCUT2D eigenvalue weighted by atomic mass is 32.1. The summed E-state index contributed by atoms with van der Waals surface area (Å²) in [6.07, 6.45) is -6.88. The molecule has 0 amide bonds. The number of hydrogen-bond donors (Lipinski definition) is 0. The van der Waals surface area contributed by atoms with Gasteiger partial charge in [0.15, 0.2) is 0 Å². The second-order valence-electron chi connectivity index (χ2n) is 2.86. The van der Waals surface area contributed by atoms with Crippen LogP contribution in [0.15, 0.2) is 5.38 Å². The zero-order chi connectivity index (χ0) is 11.6. The van der Waals surface area contributed by atoms with E-state index in [1.165, 1.54) is 5.38 Å². The topological polar surface area (TPSA) is 39.2 Å². The Morgan fingerprint density at radius 1 is 1.60 bits per heavy atom. The van der Waals surface area contributed by atoms with Gasteiger partial charge in [0.2, 0.25) is 6.10 Å². The standard InChI is InChI=1S/C8H8F3NO2S/c1-4-3-15-7(12-4)6(8(9,10)11)14-5(2)13/h3,6H,1-2H3/t6-/m0/s1. The summed E-state index contributed by atoms with van der Waals surface area (Å²) in [4.78, 5) is 14.2. The Hall–Kier alpha value is -1.11. The van der Waals surface area contributed by atoms with E-state index in [-0.39, 0.29) is 5.01 Å². The predicted molar refractivity (Wildman–Crippen MR) is 47.4 cm³/mol. The highest BCUT2D eigenvalue weighted by Crippen LogP contribution is 2.37. The molecule has 0 unspecified atom stereocenters. The molecule has 0 radical (unpaired) electrons. The summed E-state index contributed by atoms with van der Waals surface area (Å²) in [5.74, 6) is -0.981. The number of alkyl halides is 3. The van der Waals surface area contributed by atoms with Gasteiger partial charge in [0, 0.05) is 18.0 Å².